The number of likely N-dealkylation sites (tertiary alicyclic amines) is 1. The zero-order valence-electron chi connectivity index (χ0n) is 12.5. The van der Waals surface area contributed by atoms with Gasteiger partial charge in [0.1, 0.15) is 0 Å². The standard InChI is InChI=1S/C15H27F3N2O/c16-15(17,18)7-10-20-8-5-13(6-9-20)19-11-12-3-1-2-4-14(12)21/h12-14,19,21H,1-11H2. The van der Waals surface area contributed by atoms with Crippen molar-refractivity contribution in [2.45, 2.75) is 63.3 Å². The van der Waals surface area contributed by atoms with Gasteiger partial charge in [-0.05, 0) is 44.7 Å². The molecule has 1 aliphatic heterocycles. The van der Waals surface area contributed by atoms with E-state index >= 15 is 0 Å². The molecule has 1 heterocycles. The molecular formula is C15H27F3N2O. The van der Waals surface area contributed by atoms with Crippen molar-refractivity contribution in [3.8, 4) is 0 Å². The lowest BCUT2D eigenvalue weighted by molar-refractivity contribution is -0.138. The Hall–Kier alpha value is -0.330. The fourth-order valence-corrected chi connectivity index (χ4v) is 3.39. The average Bonchev–Trinajstić information content (AvgIpc) is 2.45. The molecule has 0 aromatic carbocycles. The van der Waals surface area contributed by atoms with Gasteiger partial charge in [0.15, 0.2) is 0 Å². The van der Waals surface area contributed by atoms with Crippen molar-refractivity contribution in [2.24, 2.45) is 5.92 Å². The molecule has 0 amide bonds. The Morgan fingerprint density at radius 2 is 1.71 bits per heavy atom. The Morgan fingerprint density at radius 3 is 2.33 bits per heavy atom. The van der Waals surface area contributed by atoms with Crippen molar-refractivity contribution in [2.75, 3.05) is 26.2 Å². The first kappa shape index (κ1) is 17.0. The SMILES string of the molecule is OC1CCCCC1CNC1CCN(CCC(F)(F)F)CC1. The van der Waals surface area contributed by atoms with E-state index in [2.05, 4.69) is 5.32 Å². The summed E-state index contributed by atoms with van der Waals surface area (Å²) in [6, 6.07) is 0.390. The molecule has 0 spiro atoms. The van der Waals surface area contributed by atoms with Crippen LogP contribution in [0.2, 0.25) is 0 Å². The number of aliphatic hydroxyl groups excluding tert-OH is 1. The highest BCUT2D eigenvalue weighted by Crippen LogP contribution is 2.24. The van der Waals surface area contributed by atoms with E-state index in [9.17, 15) is 18.3 Å². The second kappa shape index (κ2) is 7.79. The second-order valence-electron chi connectivity index (χ2n) is 6.50. The summed E-state index contributed by atoms with van der Waals surface area (Å²) in [6.07, 6.45) is 1.17. The van der Waals surface area contributed by atoms with Crippen molar-refractivity contribution < 1.29 is 18.3 Å². The molecule has 0 aromatic rings. The molecule has 0 aromatic heterocycles. The van der Waals surface area contributed by atoms with Crippen molar-refractivity contribution in [1.29, 1.82) is 0 Å². The van der Waals surface area contributed by atoms with Crippen molar-refractivity contribution >= 4 is 0 Å². The second-order valence-corrected chi connectivity index (χ2v) is 6.50. The van der Waals surface area contributed by atoms with E-state index in [-0.39, 0.29) is 12.6 Å². The number of rotatable bonds is 5. The van der Waals surface area contributed by atoms with E-state index in [4.69, 9.17) is 0 Å². The minimum atomic E-state index is -4.05. The number of nitrogens with zero attached hydrogens (tertiary/aromatic N) is 1. The molecule has 124 valence electrons. The van der Waals surface area contributed by atoms with E-state index in [0.29, 0.717) is 12.0 Å². The summed E-state index contributed by atoms with van der Waals surface area (Å²) < 4.78 is 36.6. The van der Waals surface area contributed by atoms with Gasteiger partial charge in [0.25, 0.3) is 0 Å². The number of halogens is 3. The van der Waals surface area contributed by atoms with Gasteiger partial charge in [-0.25, -0.2) is 0 Å². The van der Waals surface area contributed by atoms with E-state index < -0.39 is 12.6 Å². The third kappa shape index (κ3) is 6.12. The van der Waals surface area contributed by atoms with Gasteiger partial charge in [0, 0.05) is 19.1 Å². The van der Waals surface area contributed by atoms with E-state index in [1.807, 2.05) is 4.90 Å². The van der Waals surface area contributed by atoms with Gasteiger partial charge >= 0.3 is 6.18 Å². The van der Waals surface area contributed by atoms with Crippen LogP contribution in [0.25, 0.3) is 0 Å². The Morgan fingerprint density at radius 1 is 1.05 bits per heavy atom. The Kier molecular flexibility index (Phi) is 6.32. The number of aliphatic hydroxyl groups is 1. The van der Waals surface area contributed by atoms with Gasteiger partial charge in [-0.3, -0.25) is 0 Å². The quantitative estimate of drug-likeness (QED) is 0.819. The lowest BCUT2D eigenvalue weighted by atomic mass is 9.86. The molecule has 21 heavy (non-hydrogen) atoms. The minimum absolute atomic E-state index is 0.123. The zero-order chi connectivity index (χ0) is 15.3. The fraction of sp³-hybridized carbons (Fsp3) is 1.00. The van der Waals surface area contributed by atoms with E-state index in [0.717, 1.165) is 51.7 Å². The van der Waals surface area contributed by atoms with Crippen molar-refractivity contribution in [1.82, 2.24) is 10.2 Å². The van der Waals surface area contributed by atoms with Crippen LogP contribution >= 0.6 is 0 Å². The maximum Gasteiger partial charge on any atom is 0.390 e. The molecule has 2 N–H and O–H groups in total. The predicted octanol–water partition coefficient (Wildman–Crippen LogP) is 2.54. The topological polar surface area (TPSA) is 35.5 Å². The Balaban J connectivity index is 1.60. The van der Waals surface area contributed by atoms with Gasteiger partial charge in [-0.15, -0.1) is 0 Å². The third-order valence-electron chi connectivity index (χ3n) is 4.84. The van der Waals surface area contributed by atoms with Crippen LogP contribution in [-0.4, -0.2) is 54.5 Å². The van der Waals surface area contributed by atoms with Crippen LogP contribution < -0.4 is 5.32 Å². The molecule has 2 aliphatic rings. The Bertz CT molecular complexity index is 304. The summed E-state index contributed by atoms with van der Waals surface area (Å²) in [5, 5.41) is 13.4. The van der Waals surface area contributed by atoms with Gasteiger partial charge in [0.05, 0.1) is 12.5 Å². The highest BCUT2D eigenvalue weighted by molar-refractivity contribution is 4.81. The van der Waals surface area contributed by atoms with Crippen LogP contribution in [0.5, 0.6) is 0 Å². The number of piperidine rings is 1. The van der Waals surface area contributed by atoms with Crippen LogP contribution in [0.15, 0.2) is 0 Å². The number of hydrogen-bond acceptors (Lipinski definition) is 3. The monoisotopic (exact) mass is 308 g/mol. The summed E-state index contributed by atoms with van der Waals surface area (Å²) in [5.74, 6) is 0.349. The lowest BCUT2D eigenvalue weighted by Crippen LogP contribution is -2.46. The molecule has 2 rings (SSSR count). The van der Waals surface area contributed by atoms with Crippen molar-refractivity contribution in [3.63, 3.8) is 0 Å². The maximum atomic E-state index is 12.2. The first-order chi connectivity index (χ1) is 9.94. The van der Waals surface area contributed by atoms with Crippen molar-refractivity contribution in [3.05, 3.63) is 0 Å². The molecule has 1 saturated carbocycles. The maximum absolute atomic E-state index is 12.2. The molecule has 0 bridgehead atoms. The molecular weight excluding hydrogens is 281 g/mol. The molecule has 0 radical (unpaired) electrons. The van der Waals surface area contributed by atoms with Crippen LogP contribution in [0.4, 0.5) is 13.2 Å². The first-order valence-electron chi connectivity index (χ1n) is 8.14. The van der Waals surface area contributed by atoms with Crippen LogP contribution in [0.1, 0.15) is 44.9 Å². The number of nitrogens with one attached hydrogen (secondary N) is 1. The normalized spacial score (nSPS) is 29.7. The average molecular weight is 308 g/mol. The van der Waals surface area contributed by atoms with E-state index in [1.54, 1.807) is 0 Å². The van der Waals surface area contributed by atoms with Crippen LogP contribution in [0, 0.1) is 5.92 Å². The summed E-state index contributed by atoms with van der Waals surface area (Å²) in [6.45, 7) is 2.44. The number of alkyl halides is 3. The van der Waals surface area contributed by atoms with Gasteiger partial charge in [-0.2, -0.15) is 13.2 Å². The zero-order valence-corrected chi connectivity index (χ0v) is 12.5. The highest BCUT2D eigenvalue weighted by atomic mass is 19.4. The summed E-state index contributed by atoms with van der Waals surface area (Å²) >= 11 is 0. The number of hydrogen-bond donors (Lipinski definition) is 2. The molecule has 1 saturated heterocycles. The molecule has 3 nitrogen and oxygen atoms in total. The van der Waals surface area contributed by atoms with Crippen LogP contribution in [-0.2, 0) is 0 Å². The summed E-state index contributed by atoms with van der Waals surface area (Å²) in [5.41, 5.74) is 0. The third-order valence-corrected chi connectivity index (χ3v) is 4.84. The molecule has 2 fully saturated rings. The molecule has 1 aliphatic carbocycles. The molecule has 6 heteroatoms. The summed E-state index contributed by atoms with van der Waals surface area (Å²) in [4.78, 5) is 1.90. The first-order valence-corrected chi connectivity index (χ1v) is 8.14. The largest absolute Gasteiger partial charge is 0.393 e. The predicted molar refractivity (Wildman–Crippen MR) is 76.1 cm³/mol. The highest BCUT2D eigenvalue weighted by Gasteiger charge is 2.29. The molecule has 2 unspecified atom stereocenters. The smallest absolute Gasteiger partial charge is 0.390 e. The lowest BCUT2D eigenvalue weighted by Gasteiger charge is -2.34. The molecule has 2 atom stereocenters. The van der Waals surface area contributed by atoms with Gasteiger partial charge in [0.2, 0.25) is 0 Å². The van der Waals surface area contributed by atoms with Gasteiger partial charge in [-0.1, -0.05) is 12.8 Å². The van der Waals surface area contributed by atoms with Gasteiger partial charge < -0.3 is 15.3 Å². The fourth-order valence-electron chi connectivity index (χ4n) is 3.39. The van der Waals surface area contributed by atoms with E-state index in [1.165, 1.54) is 6.42 Å². The summed E-state index contributed by atoms with van der Waals surface area (Å²) in [7, 11) is 0. The Labute approximate surface area is 124 Å². The minimum Gasteiger partial charge on any atom is -0.393 e. The van der Waals surface area contributed by atoms with Crippen LogP contribution in [0.3, 0.4) is 0 Å².